The van der Waals surface area contributed by atoms with Gasteiger partial charge in [-0.05, 0) is 46.6 Å². The molecule has 0 saturated carbocycles. The van der Waals surface area contributed by atoms with Crippen LogP contribution < -0.4 is 0 Å². The fourth-order valence-corrected chi connectivity index (χ4v) is 3.17. The molecule has 2 aromatic heterocycles. The lowest BCUT2D eigenvalue weighted by Gasteiger charge is -1.97. The number of hydrogen-bond donors (Lipinski definition) is 1. The first kappa shape index (κ1) is 14.2. The number of halogens is 1. The summed E-state index contributed by atoms with van der Waals surface area (Å²) in [5.74, 6) is -0.744. The van der Waals surface area contributed by atoms with Gasteiger partial charge in [0.25, 0.3) is 0 Å². The summed E-state index contributed by atoms with van der Waals surface area (Å²) in [7, 11) is 0. The van der Waals surface area contributed by atoms with Crippen LogP contribution >= 0.6 is 27.3 Å². The van der Waals surface area contributed by atoms with Gasteiger partial charge in [0.15, 0.2) is 0 Å². The number of carboxylic acids is 1. The number of thiophene rings is 1. The van der Waals surface area contributed by atoms with Gasteiger partial charge in [-0.25, -0.2) is 4.68 Å². The number of aryl methyl sites for hydroxylation is 1. The summed E-state index contributed by atoms with van der Waals surface area (Å²) in [6.07, 6.45) is 4.43. The van der Waals surface area contributed by atoms with Crippen molar-refractivity contribution in [2.75, 3.05) is 0 Å². The second kappa shape index (κ2) is 6.81. The SMILES string of the molecule is O=C(O)CCCCc1cn(Cc2sccc2Br)nn1. The second-order valence-electron chi connectivity index (χ2n) is 4.20. The molecule has 102 valence electrons. The largest absolute Gasteiger partial charge is 0.481 e. The molecule has 0 aliphatic heterocycles. The molecule has 1 N–H and O–H groups in total. The fourth-order valence-electron chi connectivity index (χ4n) is 1.70. The van der Waals surface area contributed by atoms with Crippen molar-refractivity contribution in [2.24, 2.45) is 0 Å². The zero-order valence-corrected chi connectivity index (χ0v) is 12.7. The number of carbonyl (C=O) groups is 1. The van der Waals surface area contributed by atoms with E-state index in [0.29, 0.717) is 13.0 Å². The molecule has 0 atom stereocenters. The van der Waals surface area contributed by atoms with Crippen LogP contribution in [0.15, 0.2) is 22.1 Å². The first-order valence-corrected chi connectivity index (χ1v) is 7.65. The topological polar surface area (TPSA) is 68.0 Å². The predicted molar refractivity (Wildman–Crippen MR) is 76.3 cm³/mol. The van der Waals surface area contributed by atoms with Gasteiger partial charge in [-0.2, -0.15) is 0 Å². The third-order valence-electron chi connectivity index (χ3n) is 2.66. The van der Waals surface area contributed by atoms with Gasteiger partial charge in [0.2, 0.25) is 0 Å². The first-order valence-electron chi connectivity index (χ1n) is 5.98. The molecule has 0 bridgehead atoms. The van der Waals surface area contributed by atoms with E-state index in [4.69, 9.17) is 5.11 Å². The zero-order valence-electron chi connectivity index (χ0n) is 10.3. The minimum atomic E-state index is -0.744. The second-order valence-corrected chi connectivity index (χ2v) is 6.06. The standard InChI is InChI=1S/C12H14BrN3O2S/c13-10-5-6-19-11(10)8-16-7-9(14-15-16)3-1-2-4-12(17)18/h5-7H,1-4,8H2,(H,17,18). The van der Waals surface area contributed by atoms with Gasteiger partial charge in [0.1, 0.15) is 0 Å². The molecule has 0 spiro atoms. The molecule has 0 radical (unpaired) electrons. The normalized spacial score (nSPS) is 10.8. The summed E-state index contributed by atoms with van der Waals surface area (Å²) in [4.78, 5) is 11.6. The highest BCUT2D eigenvalue weighted by Crippen LogP contribution is 2.23. The Morgan fingerprint density at radius 2 is 2.32 bits per heavy atom. The summed E-state index contributed by atoms with van der Waals surface area (Å²) < 4.78 is 2.90. The van der Waals surface area contributed by atoms with Gasteiger partial charge in [-0.15, -0.1) is 16.4 Å². The summed E-state index contributed by atoms with van der Waals surface area (Å²) in [5.41, 5.74) is 0.915. The monoisotopic (exact) mass is 343 g/mol. The Morgan fingerprint density at radius 3 is 3.00 bits per heavy atom. The molecule has 0 fully saturated rings. The maximum atomic E-state index is 10.4. The Morgan fingerprint density at radius 1 is 1.47 bits per heavy atom. The van der Waals surface area contributed by atoms with E-state index < -0.39 is 5.97 Å². The molecule has 0 amide bonds. The molecule has 2 heterocycles. The Kier molecular flexibility index (Phi) is 5.09. The lowest BCUT2D eigenvalue weighted by Crippen LogP contribution is -1.98. The predicted octanol–water partition coefficient (Wildman–Crippen LogP) is 2.95. The minimum Gasteiger partial charge on any atom is -0.481 e. The van der Waals surface area contributed by atoms with E-state index in [1.165, 1.54) is 4.88 Å². The van der Waals surface area contributed by atoms with Crippen molar-refractivity contribution in [3.8, 4) is 0 Å². The van der Waals surface area contributed by atoms with Gasteiger partial charge in [-0.3, -0.25) is 4.79 Å². The average Bonchev–Trinajstić information content (AvgIpc) is 2.96. The van der Waals surface area contributed by atoms with Crippen LogP contribution in [0.1, 0.15) is 29.8 Å². The van der Waals surface area contributed by atoms with E-state index in [1.54, 1.807) is 11.3 Å². The van der Waals surface area contributed by atoms with Crippen molar-refractivity contribution < 1.29 is 9.90 Å². The summed E-state index contributed by atoms with van der Waals surface area (Å²) >= 11 is 5.17. The van der Waals surface area contributed by atoms with Crippen molar-refractivity contribution >= 4 is 33.2 Å². The molecule has 0 saturated heterocycles. The maximum Gasteiger partial charge on any atom is 0.303 e. The van der Waals surface area contributed by atoms with Crippen LogP contribution in [0.2, 0.25) is 0 Å². The van der Waals surface area contributed by atoms with Gasteiger partial charge >= 0.3 is 5.97 Å². The minimum absolute atomic E-state index is 0.219. The van der Waals surface area contributed by atoms with E-state index in [-0.39, 0.29) is 6.42 Å². The molecular formula is C12H14BrN3O2S. The van der Waals surface area contributed by atoms with Gasteiger partial charge < -0.3 is 5.11 Å². The Balaban J connectivity index is 1.82. The molecule has 7 heteroatoms. The third kappa shape index (κ3) is 4.43. The van der Waals surface area contributed by atoms with E-state index in [0.717, 1.165) is 23.0 Å². The maximum absolute atomic E-state index is 10.4. The lowest BCUT2D eigenvalue weighted by molar-refractivity contribution is -0.137. The van der Waals surface area contributed by atoms with Crippen LogP contribution in [0.3, 0.4) is 0 Å². The van der Waals surface area contributed by atoms with Crippen LogP contribution in [0.25, 0.3) is 0 Å². The average molecular weight is 344 g/mol. The quantitative estimate of drug-likeness (QED) is 0.784. The number of aromatic nitrogens is 3. The van der Waals surface area contributed by atoms with E-state index in [2.05, 4.69) is 26.2 Å². The van der Waals surface area contributed by atoms with Crippen LogP contribution in [-0.4, -0.2) is 26.1 Å². The smallest absolute Gasteiger partial charge is 0.303 e. The number of unbranched alkanes of at least 4 members (excludes halogenated alkanes) is 1. The van der Waals surface area contributed by atoms with Crippen molar-refractivity contribution in [3.05, 3.63) is 32.7 Å². The molecular weight excluding hydrogens is 330 g/mol. The third-order valence-corrected chi connectivity index (χ3v) is 4.57. The van der Waals surface area contributed by atoms with Gasteiger partial charge in [0, 0.05) is 22.0 Å². The molecule has 5 nitrogen and oxygen atoms in total. The van der Waals surface area contributed by atoms with Gasteiger partial charge in [-0.1, -0.05) is 5.21 Å². The summed E-state index contributed by atoms with van der Waals surface area (Å²) in [6.45, 7) is 0.709. The van der Waals surface area contributed by atoms with Crippen molar-refractivity contribution in [3.63, 3.8) is 0 Å². The Bertz CT molecular complexity index is 553. The van der Waals surface area contributed by atoms with E-state index in [1.807, 2.05) is 22.3 Å². The lowest BCUT2D eigenvalue weighted by atomic mass is 10.1. The zero-order chi connectivity index (χ0) is 13.7. The summed E-state index contributed by atoms with van der Waals surface area (Å²) in [6, 6.07) is 2.02. The number of aliphatic carboxylic acids is 1. The van der Waals surface area contributed by atoms with Crippen LogP contribution in [0.5, 0.6) is 0 Å². The van der Waals surface area contributed by atoms with Crippen molar-refractivity contribution in [1.29, 1.82) is 0 Å². The number of hydrogen-bond acceptors (Lipinski definition) is 4. The Labute approximate surface area is 123 Å². The highest BCUT2D eigenvalue weighted by atomic mass is 79.9. The molecule has 0 aliphatic carbocycles. The summed E-state index contributed by atoms with van der Waals surface area (Å²) in [5, 5.41) is 18.8. The van der Waals surface area contributed by atoms with E-state index in [9.17, 15) is 4.79 Å². The molecule has 0 unspecified atom stereocenters. The molecule has 0 aliphatic rings. The van der Waals surface area contributed by atoms with Crippen LogP contribution in [-0.2, 0) is 17.8 Å². The molecule has 2 rings (SSSR count). The number of rotatable bonds is 7. The highest BCUT2D eigenvalue weighted by Gasteiger charge is 2.06. The van der Waals surface area contributed by atoms with Crippen LogP contribution in [0, 0.1) is 0 Å². The van der Waals surface area contributed by atoms with Crippen LogP contribution in [0.4, 0.5) is 0 Å². The van der Waals surface area contributed by atoms with Crippen molar-refractivity contribution in [2.45, 2.75) is 32.2 Å². The first-order chi connectivity index (χ1) is 9.15. The number of nitrogens with zero attached hydrogens (tertiary/aromatic N) is 3. The molecule has 2 aromatic rings. The highest BCUT2D eigenvalue weighted by molar-refractivity contribution is 9.10. The fraction of sp³-hybridized carbons (Fsp3) is 0.417. The number of carboxylic acid groups (broad SMARTS) is 1. The van der Waals surface area contributed by atoms with Crippen molar-refractivity contribution in [1.82, 2.24) is 15.0 Å². The Hall–Kier alpha value is -1.21. The molecule has 19 heavy (non-hydrogen) atoms. The van der Waals surface area contributed by atoms with Gasteiger partial charge in [0.05, 0.1) is 12.2 Å². The van der Waals surface area contributed by atoms with E-state index >= 15 is 0 Å². The molecule has 0 aromatic carbocycles.